The molecule has 3 rings (SSSR count). The van der Waals surface area contributed by atoms with Crippen molar-refractivity contribution in [3.05, 3.63) is 49.1 Å². The maximum absolute atomic E-state index is 12.6. The molecule has 0 aliphatic rings. The summed E-state index contributed by atoms with van der Waals surface area (Å²) in [7, 11) is 0. The number of benzene rings is 1. The number of hydrogen-bond acceptors (Lipinski definition) is 2. The van der Waals surface area contributed by atoms with E-state index in [0.717, 1.165) is 17.0 Å². The molecule has 0 bridgehead atoms. The Kier molecular flexibility index (Phi) is 3.10. The van der Waals surface area contributed by atoms with Crippen molar-refractivity contribution < 1.29 is 4.39 Å². The molecular weight excluding hydrogens is 243 g/mol. The Bertz CT molecular complexity index is 643. The summed E-state index contributed by atoms with van der Waals surface area (Å²) in [4.78, 5) is 11.7. The predicted molar refractivity (Wildman–Crippen MR) is 71.2 cm³/mol. The summed E-state index contributed by atoms with van der Waals surface area (Å²) in [6.45, 7) is -0.159. The fourth-order valence-electron chi connectivity index (χ4n) is 2.09. The average Bonchev–Trinajstić information content (AvgIpc) is 3.08. The van der Waals surface area contributed by atoms with Crippen LogP contribution in [-0.2, 0) is 6.54 Å². The van der Waals surface area contributed by atoms with Crippen molar-refractivity contribution in [2.45, 2.75) is 6.54 Å². The largest absolute Gasteiger partial charge is 0.343 e. The van der Waals surface area contributed by atoms with E-state index in [1.165, 1.54) is 0 Å². The van der Waals surface area contributed by atoms with E-state index in [1.807, 2.05) is 30.3 Å². The molecule has 0 fully saturated rings. The van der Waals surface area contributed by atoms with Crippen LogP contribution < -0.4 is 0 Å². The Balaban J connectivity index is 2.15. The molecule has 19 heavy (non-hydrogen) atoms. The van der Waals surface area contributed by atoms with Crippen molar-refractivity contribution in [1.82, 2.24) is 19.5 Å². The van der Waals surface area contributed by atoms with Gasteiger partial charge in [-0.2, -0.15) is 0 Å². The molecule has 4 nitrogen and oxygen atoms in total. The number of rotatable bonds is 4. The van der Waals surface area contributed by atoms with Crippen molar-refractivity contribution in [3.8, 4) is 22.8 Å². The number of H-pyrrole nitrogens is 1. The van der Waals surface area contributed by atoms with Gasteiger partial charge in [0.25, 0.3) is 0 Å². The van der Waals surface area contributed by atoms with Gasteiger partial charge >= 0.3 is 0 Å². The van der Waals surface area contributed by atoms with Crippen LogP contribution in [0.15, 0.2) is 49.1 Å². The minimum absolute atomic E-state index is 0.274. The van der Waals surface area contributed by atoms with Gasteiger partial charge in [-0.1, -0.05) is 30.3 Å². The number of aromatic nitrogens is 4. The maximum atomic E-state index is 12.6. The molecule has 0 unspecified atom stereocenters. The van der Waals surface area contributed by atoms with Gasteiger partial charge in [-0.15, -0.1) is 0 Å². The smallest absolute Gasteiger partial charge is 0.156 e. The first kappa shape index (κ1) is 11.6. The second-order valence-corrected chi connectivity index (χ2v) is 4.13. The summed E-state index contributed by atoms with van der Waals surface area (Å²) < 4.78 is 14.4. The predicted octanol–water partition coefficient (Wildman–Crippen LogP) is 2.91. The zero-order valence-electron chi connectivity index (χ0n) is 10.3. The summed E-state index contributed by atoms with van der Waals surface area (Å²) in [6, 6.07) is 9.82. The standard InChI is InChI=1S/C14H13FN4/c15-6-9-19-10-18-12(11-4-2-1-3-5-11)13(19)14-16-7-8-17-14/h1-5,7-8,10H,6,9H2,(H,16,17). The van der Waals surface area contributed by atoms with Crippen LogP contribution in [0.3, 0.4) is 0 Å². The minimum atomic E-state index is -0.432. The molecule has 0 spiro atoms. The van der Waals surface area contributed by atoms with Gasteiger partial charge in [0.2, 0.25) is 0 Å². The SMILES string of the molecule is FCCn1cnc(-c2ccccc2)c1-c1ncc[nH]1. The third-order valence-electron chi connectivity index (χ3n) is 2.93. The molecule has 2 heterocycles. The third kappa shape index (κ3) is 2.14. The fraction of sp³-hybridized carbons (Fsp3) is 0.143. The van der Waals surface area contributed by atoms with Crippen molar-refractivity contribution in [3.63, 3.8) is 0 Å². The molecule has 0 atom stereocenters. The maximum Gasteiger partial charge on any atom is 0.156 e. The second-order valence-electron chi connectivity index (χ2n) is 4.13. The topological polar surface area (TPSA) is 46.5 Å². The number of hydrogen-bond donors (Lipinski definition) is 1. The molecule has 5 heteroatoms. The molecule has 0 amide bonds. The van der Waals surface area contributed by atoms with Crippen molar-refractivity contribution in [2.75, 3.05) is 6.67 Å². The Morgan fingerprint density at radius 2 is 2.00 bits per heavy atom. The molecule has 0 radical (unpaired) electrons. The van der Waals surface area contributed by atoms with E-state index in [-0.39, 0.29) is 6.54 Å². The lowest BCUT2D eigenvalue weighted by atomic mass is 10.1. The van der Waals surface area contributed by atoms with E-state index in [2.05, 4.69) is 15.0 Å². The first-order valence-electron chi connectivity index (χ1n) is 6.06. The molecule has 0 saturated carbocycles. The number of alkyl halides is 1. The van der Waals surface area contributed by atoms with Crippen LogP contribution in [0.1, 0.15) is 0 Å². The minimum Gasteiger partial charge on any atom is -0.343 e. The Labute approximate surface area is 110 Å². The first-order chi connectivity index (χ1) is 9.40. The molecule has 0 aliphatic heterocycles. The number of nitrogens with one attached hydrogen (secondary N) is 1. The summed E-state index contributed by atoms with van der Waals surface area (Å²) in [5.74, 6) is 0.699. The fourth-order valence-corrected chi connectivity index (χ4v) is 2.09. The highest BCUT2D eigenvalue weighted by molar-refractivity contribution is 5.75. The van der Waals surface area contributed by atoms with Crippen LogP contribution >= 0.6 is 0 Å². The molecule has 1 N–H and O–H groups in total. The van der Waals surface area contributed by atoms with Crippen LogP contribution in [-0.4, -0.2) is 26.2 Å². The first-order valence-corrected chi connectivity index (χ1v) is 6.06. The van der Waals surface area contributed by atoms with E-state index in [1.54, 1.807) is 23.3 Å². The highest BCUT2D eigenvalue weighted by Crippen LogP contribution is 2.28. The Hall–Kier alpha value is -2.43. The van der Waals surface area contributed by atoms with Gasteiger partial charge in [0, 0.05) is 18.0 Å². The van der Waals surface area contributed by atoms with Crippen LogP contribution in [0, 0.1) is 0 Å². The summed E-state index contributed by atoms with van der Waals surface area (Å²) >= 11 is 0. The Morgan fingerprint density at radius 3 is 2.68 bits per heavy atom. The van der Waals surface area contributed by atoms with Gasteiger partial charge in [0.15, 0.2) is 5.82 Å². The normalized spacial score (nSPS) is 10.8. The molecular formula is C14H13FN4. The van der Waals surface area contributed by atoms with Crippen molar-refractivity contribution in [2.24, 2.45) is 0 Å². The zero-order chi connectivity index (χ0) is 13.1. The number of imidazole rings is 2. The molecule has 3 aromatic rings. The molecule has 2 aromatic heterocycles. The highest BCUT2D eigenvalue weighted by Gasteiger charge is 2.16. The van der Waals surface area contributed by atoms with Gasteiger partial charge in [-0.05, 0) is 0 Å². The van der Waals surface area contributed by atoms with E-state index < -0.39 is 6.67 Å². The summed E-state index contributed by atoms with van der Waals surface area (Å²) in [5.41, 5.74) is 2.62. The number of nitrogens with zero attached hydrogens (tertiary/aromatic N) is 3. The van der Waals surface area contributed by atoms with Crippen LogP contribution in [0.25, 0.3) is 22.8 Å². The van der Waals surface area contributed by atoms with Crippen molar-refractivity contribution >= 4 is 0 Å². The lowest BCUT2D eigenvalue weighted by Crippen LogP contribution is -2.01. The molecule has 0 saturated heterocycles. The summed E-state index contributed by atoms with van der Waals surface area (Å²) in [5, 5.41) is 0. The third-order valence-corrected chi connectivity index (χ3v) is 2.93. The molecule has 0 aliphatic carbocycles. The van der Waals surface area contributed by atoms with Crippen LogP contribution in [0.2, 0.25) is 0 Å². The van der Waals surface area contributed by atoms with Crippen molar-refractivity contribution in [1.29, 1.82) is 0 Å². The average molecular weight is 256 g/mol. The molecule has 1 aromatic carbocycles. The van der Waals surface area contributed by atoms with Gasteiger partial charge in [-0.25, -0.2) is 14.4 Å². The van der Waals surface area contributed by atoms with Gasteiger partial charge in [0.1, 0.15) is 12.4 Å². The number of aryl methyl sites for hydroxylation is 1. The number of aromatic amines is 1. The van der Waals surface area contributed by atoms with Gasteiger partial charge in [0.05, 0.1) is 18.6 Å². The second kappa shape index (κ2) is 5.06. The monoisotopic (exact) mass is 256 g/mol. The quantitative estimate of drug-likeness (QED) is 0.780. The summed E-state index contributed by atoms with van der Waals surface area (Å²) in [6.07, 6.45) is 5.08. The lowest BCUT2D eigenvalue weighted by Gasteiger charge is -2.06. The lowest BCUT2D eigenvalue weighted by molar-refractivity contribution is 0.447. The molecule has 96 valence electrons. The highest BCUT2D eigenvalue weighted by atomic mass is 19.1. The van der Waals surface area contributed by atoms with E-state index in [0.29, 0.717) is 5.82 Å². The van der Waals surface area contributed by atoms with E-state index >= 15 is 0 Å². The van der Waals surface area contributed by atoms with Crippen LogP contribution in [0.4, 0.5) is 4.39 Å². The zero-order valence-corrected chi connectivity index (χ0v) is 10.3. The van der Waals surface area contributed by atoms with E-state index in [4.69, 9.17) is 0 Å². The van der Waals surface area contributed by atoms with Gasteiger partial charge < -0.3 is 9.55 Å². The van der Waals surface area contributed by atoms with E-state index in [9.17, 15) is 4.39 Å². The van der Waals surface area contributed by atoms with Gasteiger partial charge in [-0.3, -0.25) is 0 Å². The van der Waals surface area contributed by atoms with Crippen LogP contribution in [0.5, 0.6) is 0 Å². The number of halogens is 1. The Morgan fingerprint density at radius 1 is 1.16 bits per heavy atom.